The third kappa shape index (κ3) is 5.16. The third-order valence-corrected chi connectivity index (χ3v) is 5.56. The Hall–Kier alpha value is -3.81. The van der Waals surface area contributed by atoms with Gasteiger partial charge in [-0.15, -0.1) is 0 Å². The molecule has 0 aliphatic heterocycles. The van der Waals surface area contributed by atoms with E-state index in [1.54, 1.807) is 19.4 Å². The number of nitrogens with one attached hydrogen (secondary N) is 1. The quantitative estimate of drug-likeness (QED) is 0.388. The molecule has 0 radical (unpaired) electrons. The van der Waals surface area contributed by atoms with Gasteiger partial charge in [-0.2, -0.15) is 0 Å². The Morgan fingerprint density at radius 2 is 1.70 bits per heavy atom. The summed E-state index contributed by atoms with van der Waals surface area (Å²) < 4.78 is 1.53. The van der Waals surface area contributed by atoms with Crippen molar-refractivity contribution < 1.29 is 0 Å². The van der Waals surface area contributed by atoms with Gasteiger partial charge in [0.15, 0.2) is 0 Å². The summed E-state index contributed by atoms with van der Waals surface area (Å²) in [5.41, 5.74) is 16.9. The summed E-state index contributed by atoms with van der Waals surface area (Å²) in [5.74, 6) is 0.467. The molecule has 0 fully saturated rings. The van der Waals surface area contributed by atoms with Gasteiger partial charge < -0.3 is 16.8 Å². The Balaban J connectivity index is 1.71. The molecular formula is C26H28N6O. The highest BCUT2D eigenvalue weighted by Gasteiger charge is 2.19. The first-order chi connectivity index (χ1) is 16.1. The predicted octanol–water partition coefficient (Wildman–Crippen LogP) is 2.95. The summed E-state index contributed by atoms with van der Waals surface area (Å²) in [4.78, 5) is 22.5. The molecule has 33 heavy (non-hydrogen) atoms. The highest BCUT2D eigenvalue weighted by Crippen LogP contribution is 2.29. The summed E-state index contributed by atoms with van der Waals surface area (Å²) in [6, 6.07) is 21.4. The maximum Gasteiger partial charge on any atom is 0.263 e. The van der Waals surface area contributed by atoms with Gasteiger partial charge in [-0.3, -0.25) is 14.3 Å². The molecule has 5 N–H and O–H groups in total. The van der Waals surface area contributed by atoms with E-state index in [-0.39, 0.29) is 11.6 Å². The van der Waals surface area contributed by atoms with E-state index in [1.165, 1.54) is 10.1 Å². The summed E-state index contributed by atoms with van der Waals surface area (Å²) in [6.45, 7) is 0.873. The number of anilines is 1. The average molecular weight is 441 g/mol. The van der Waals surface area contributed by atoms with Gasteiger partial charge in [0.05, 0.1) is 11.3 Å². The first kappa shape index (κ1) is 22.4. The van der Waals surface area contributed by atoms with Crippen molar-refractivity contribution in [2.24, 2.45) is 18.5 Å². The zero-order valence-corrected chi connectivity index (χ0v) is 18.6. The second-order valence-corrected chi connectivity index (χ2v) is 7.99. The molecule has 0 amide bonds. The zero-order valence-electron chi connectivity index (χ0n) is 18.6. The molecule has 4 rings (SSSR count). The molecule has 2 aromatic carbocycles. The molecule has 0 saturated carbocycles. The lowest BCUT2D eigenvalue weighted by molar-refractivity contribution is 0.688. The number of nitrogens with zero attached hydrogens (tertiary/aromatic N) is 3. The van der Waals surface area contributed by atoms with Crippen LogP contribution in [-0.4, -0.2) is 27.1 Å². The molecule has 0 spiro atoms. The molecule has 2 aromatic heterocycles. The van der Waals surface area contributed by atoms with E-state index in [2.05, 4.69) is 22.4 Å². The van der Waals surface area contributed by atoms with Crippen molar-refractivity contribution in [3.05, 3.63) is 101 Å². The topological polar surface area (TPSA) is 112 Å². The van der Waals surface area contributed by atoms with Crippen molar-refractivity contribution in [1.82, 2.24) is 14.5 Å². The summed E-state index contributed by atoms with van der Waals surface area (Å²) >= 11 is 0. The lowest BCUT2D eigenvalue weighted by Crippen LogP contribution is -2.34. The SMILES string of the molecule is Cn1c(NC[C@@H](N)Cc2ccccc2)nc(-c2ccncc2)c(-c2cccc(CN)c2)c1=O. The minimum absolute atomic E-state index is 0.130. The number of aromatic nitrogens is 3. The van der Waals surface area contributed by atoms with Gasteiger partial charge in [0.2, 0.25) is 5.95 Å². The van der Waals surface area contributed by atoms with E-state index in [1.807, 2.05) is 54.6 Å². The van der Waals surface area contributed by atoms with Gasteiger partial charge >= 0.3 is 0 Å². The molecular weight excluding hydrogens is 412 g/mol. The minimum atomic E-state index is -0.148. The van der Waals surface area contributed by atoms with Crippen molar-refractivity contribution >= 4 is 5.95 Å². The smallest absolute Gasteiger partial charge is 0.263 e. The molecule has 4 aromatic rings. The van der Waals surface area contributed by atoms with Gasteiger partial charge in [0.25, 0.3) is 5.56 Å². The van der Waals surface area contributed by atoms with Gasteiger partial charge in [-0.1, -0.05) is 48.5 Å². The van der Waals surface area contributed by atoms with Crippen molar-refractivity contribution in [1.29, 1.82) is 0 Å². The van der Waals surface area contributed by atoms with Gasteiger partial charge in [-0.25, -0.2) is 4.98 Å². The predicted molar refractivity (Wildman–Crippen MR) is 133 cm³/mol. The summed E-state index contributed by atoms with van der Waals surface area (Å²) in [6.07, 6.45) is 4.11. The first-order valence-corrected chi connectivity index (χ1v) is 10.9. The van der Waals surface area contributed by atoms with Crippen molar-refractivity contribution in [3.63, 3.8) is 0 Å². The average Bonchev–Trinajstić information content (AvgIpc) is 2.86. The van der Waals surface area contributed by atoms with Gasteiger partial charge in [0, 0.05) is 44.1 Å². The van der Waals surface area contributed by atoms with Crippen LogP contribution in [0.5, 0.6) is 0 Å². The second kappa shape index (κ2) is 10.2. The Morgan fingerprint density at radius 3 is 2.42 bits per heavy atom. The normalized spacial score (nSPS) is 11.8. The fourth-order valence-corrected chi connectivity index (χ4v) is 3.80. The number of hydrogen-bond acceptors (Lipinski definition) is 6. The number of nitrogens with two attached hydrogens (primary N) is 2. The van der Waals surface area contributed by atoms with Crippen LogP contribution >= 0.6 is 0 Å². The molecule has 0 aliphatic rings. The molecule has 1 atom stereocenters. The lowest BCUT2D eigenvalue weighted by Gasteiger charge is -2.18. The van der Waals surface area contributed by atoms with Crippen LogP contribution < -0.4 is 22.3 Å². The van der Waals surface area contributed by atoms with Crippen LogP contribution in [0.4, 0.5) is 5.95 Å². The van der Waals surface area contributed by atoms with E-state index in [0.29, 0.717) is 30.3 Å². The van der Waals surface area contributed by atoms with Gasteiger partial charge in [0.1, 0.15) is 0 Å². The van der Waals surface area contributed by atoms with Crippen molar-refractivity contribution in [2.75, 3.05) is 11.9 Å². The maximum absolute atomic E-state index is 13.5. The fraction of sp³-hybridized carbons (Fsp3) is 0.192. The molecule has 7 heteroatoms. The maximum atomic E-state index is 13.5. The largest absolute Gasteiger partial charge is 0.354 e. The third-order valence-electron chi connectivity index (χ3n) is 5.56. The summed E-state index contributed by atoms with van der Waals surface area (Å²) in [5, 5.41) is 3.28. The second-order valence-electron chi connectivity index (χ2n) is 7.99. The van der Waals surface area contributed by atoms with E-state index < -0.39 is 0 Å². The Bertz CT molecular complexity index is 1270. The minimum Gasteiger partial charge on any atom is -0.354 e. The van der Waals surface area contributed by atoms with E-state index in [9.17, 15) is 4.79 Å². The lowest BCUT2D eigenvalue weighted by atomic mass is 9.99. The van der Waals surface area contributed by atoms with Crippen LogP contribution in [0.2, 0.25) is 0 Å². The summed E-state index contributed by atoms with van der Waals surface area (Å²) in [7, 11) is 1.72. The van der Waals surface area contributed by atoms with E-state index in [0.717, 1.165) is 23.1 Å². The number of pyridine rings is 1. The number of benzene rings is 2. The van der Waals surface area contributed by atoms with E-state index >= 15 is 0 Å². The standard InChI is InChI=1S/C26H28N6O/c1-32-25(33)23(21-9-5-8-19(14-21)16-27)24(20-10-12-29-13-11-20)31-26(32)30-17-22(28)15-18-6-3-2-4-7-18/h2-14,22H,15-17,27-28H2,1H3,(H,30,31)/t22-/m0/s1. The van der Waals surface area contributed by atoms with Crippen LogP contribution in [0.1, 0.15) is 11.1 Å². The van der Waals surface area contributed by atoms with Crippen LogP contribution in [0.25, 0.3) is 22.4 Å². The molecule has 0 unspecified atom stereocenters. The highest BCUT2D eigenvalue weighted by atomic mass is 16.1. The van der Waals surface area contributed by atoms with Crippen molar-refractivity contribution in [3.8, 4) is 22.4 Å². The highest BCUT2D eigenvalue weighted by molar-refractivity contribution is 5.81. The first-order valence-electron chi connectivity index (χ1n) is 10.9. The Morgan fingerprint density at radius 1 is 0.970 bits per heavy atom. The molecule has 168 valence electrons. The molecule has 0 aliphatic carbocycles. The van der Waals surface area contributed by atoms with Crippen molar-refractivity contribution in [2.45, 2.75) is 19.0 Å². The molecule has 2 heterocycles. The Kier molecular flexibility index (Phi) is 6.92. The van der Waals surface area contributed by atoms with Crippen LogP contribution in [0.15, 0.2) is 83.9 Å². The van der Waals surface area contributed by atoms with Crippen LogP contribution in [0.3, 0.4) is 0 Å². The van der Waals surface area contributed by atoms with E-state index in [4.69, 9.17) is 16.5 Å². The number of hydrogen-bond donors (Lipinski definition) is 3. The molecule has 0 saturated heterocycles. The molecule has 7 nitrogen and oxygen atoms in total. The monoisotopic (exact) mass is 440 g/mol. The van der Waals surface area contributed by atoms with Gasteiger partial charge in [-0.05, 0) is 41.3 Å². The van der Waals surface area contributed by atoms with Crippen LogP contribution in [0, 0.1) is 0 Å². The zero-order chi connectivity index (χ0) is 23.2. The van der Waals surface area contributed by atoms with Crippen LogP contribution in [-0.2, 0) is 20.0 Å². The Labute approximate surface area is 193 Å². The fourth-order valence-electron chi connectivity index (χ4n) is 3.80. The molecule has 0 bridgehead atoms. The number of rotatable bonds is 8.